The van der Waals surface area contributed by atoms with E-state index in [0.717, 1.165) is 12.8 Å². The molecule has 15 heavy (non-hydrogen) atoms. The average molecular weight is 223 g/mol. The van der Waals surface area contributed by atoms with E-state index >= 15 is 0 Å². The summed E-state index contributed by atoms with van der Waals surface area (Å²) in [6.45, 7) is -0.597. The van der Waals surface area contributed by atoms with Crippen LogP contribution in [0.4, 0.5) is 13.2 Å². The van der Waals surface area contributed by atoms with E-state index in [1.807, 2.05) is 0 Å². The van der Waals surface area contributed by atoms with Crippen LogP contribution in [0.5, 0.6) is 0 Å². The Hall–Kier alpha value is -0.780. The van der Waals surface area contributed by atoms with Gasteiger partial charge in [-0.2, -0.15) is 13.2 Å². The number of halogens is 3. The standard InChI is InChI=1S/C9H12F3NO2/c10-9(11,12)5-15-7-3-13(4-7)8(14)6-1-2-6/h6-7H,1-5H2. The van der Waals surface area contributed by atoms with Gasteiger partial charge in [-0.15, -0.1) is 0 Å². The predicted molar refractivity (Wildman–Crippen MR) is 45.1 cm³/mol. The third kappa shape index (κ3) is 2.84. The minimum Gasteiger partial charge on any atom is -0.365 e. The van der Waals surface area contributed by atoms with Crippen molar-refractivity contribution in [2.75, 3.05) is 19.7 Å². The van der Waals surface area contributed by atoms with E-state index in [1.54, 1.807) is 4.90 Å². The Labute approximate surface area is 85.2 Å². The fourth-order valence-corrected chi connectivity index (χ4v) is 1.52. The molecular weight excluding hydrogens is 211 g/mol. The zero-order valence-corrected chi connectivity index (χ0v) is 8.09. The SMILES string of the molecule is O=C(C1CC1)N1CC(OCC(F)(F)F)C1. The number of hydrogen-bond donors (Lipinski definition) is 0. The Kier molecular flexibility index (Phi) is 2.62. The molecule has 1 amide bonds. The van der Waals surface area contributed by atoms with Crippen LogP contribution in [0.25, 0.3) is 0 Å². The molecule has 2 aliphatic rings. The Morgan fingerprint density at radius 1 is 1.33 bits per heavy atom. The van der Waals surface area contributed by atoms with E-state index in [1.165, 1.54) is 0 Å². The molecule has 1 saturated heterocycles. The first kappa shape index (κ1) is 10.7. The normalized spacial score (nSPS) is 22.7. The number of carbonyl (C=O) groups is 1. The summed E-state index contributed by atoms with van der Waals surface area (Å²) in [4.78, 5) is 13.0. The molecule has 0 spiro atoms. The summed E-state index contributed by atoms with van der Waals surface area (Å²) in [6.07, 6.45) is -2.87. The van der Waals surface area contributed by atoms with Gasteiger partial charge in [-0.25, -0.2) is 0 Å². The molecule has 2 rings (SSSR count). The van der Waals surface area contributed by atoms with Crippen molar-refractivity contribution in [1.29, 1.82) is 0 Å². The fraction of sp³-hybridized carbons (Fsp3) is 0.889. The van der Waals surface area contributed by atoms with Gasteiger partial charge in [-0.1, -0.05) is 0 Å². The molecule has 0 bridgehead atoms. The quantitative estimate of drug-likeness (QED) is 0.719. The van der Waals surface area contributed by atoms with Gasteiger partial charge < -0.3 is 9.64 Å². The Morgan fingerprint density at radius 2 is 1.93 bits per heavy atom. The van der Waals surface area contributed by atoms with Crippen LogP contribution in [0, 0.1) is 5.92 Å². The lowest BCUT2D eigenvalue weighted by atomic mass is 10.1. The maximum Gasteiger partial charge on any atom is 0.411 e. The molecule has 1 heterocycles. The van der Waals surface area contributed by atoms with Crippen molar-refractivity contribution in [3.8, 4) is 0 Å². The van der Waals surface area contributed by atoms with Gasteiger partial charge in [-0.3, -0.25) is 4.79 Å². The highest BCUT2D eigenvalue weighted by molar-refractivity contribution is 5.81. The molecular formula is C9H12F3NO2. The first-order valence-corrected chi connectivity index (χ1v) is 4.93. The van der Waals surface area contributed by atoms with Gasteiger partial charge in [0.2, 0.25) is 5.91 Å². The summed E-state index contributed by atoms with van der Waals surface area (Å²) in [6, 6.07) is 0. The lowest BCUT2D eigenvalue weighted by Crippen LogP contribution is -2.55. The van der Waals surface area contributed by atoms with Crippen molar-refractivity contribution in [3.63, 3.8) is 0 Å². The van der Waals surface area contributed by atoms with E-state index in [-0.39, 0.29) is 11.8 Å². The van der Waals surface area contributed by atoms with E-state index in [2.05, 4.69) is 4.74 Å². The van der Waals surface area contributed by atoms with Crippen molar-refractivity contribution in [3.05, 3.63) is 0 Å². The van der Waals surface area contributed by atoms with Crippen LogP contribution in [-0.2, 0) is 9.53 Å². The second kappa shape index (κ2) is 3.66. The molecule has 86 valence electrons. The molecule has 0 N–H and O–H groups in total. The molecule has 6 heteroatoms. The summed E-state index contributed by atoms with van der Waals surface area (Å²) in [5, 5.41) is 0. The van der Waals surface area contributed by atoms with Gasteiger partial charge in [-0.05, 0) is 12.8 Å². The zero-order valence-electron chi connectivity index (χ0n) is 8.09. The molecule has 0 unspecified atom stereocenters. The minimum atomic E-state index is -4.28. The summed E-state index contributed by atoms with van der Waals surface area (Å²) < 4.78 is 39.9. The van der Waals surface area contributed by atoms with Crippen molar-refractivity contribution in [2.24, 2.45) is 5.92 Å². The number of ether oxygens (including phenoxy) is 1. The molecule has 1 aliphatic heterocycles. The van der Waals surface area contributed by atoms with Gasteiger partial charge >= 0.3 is 6.18 Å². The average Bonchev–Trinajstić information content (AvgIpc) is 2.80. The number of amides is 1. The van der Waals surface area contributed by atoms with Crippen LogP contribution >= 0.6 is 0 Å². The maximum atomic E-state index is 11.8. The smallest absolute Gasteiger partial charge is 0.365 e. The lowest BCUT2D eigenvalue weighted by molar-refractivity contribution is -0.200. The summed E-state index contributed by atoms with van der Waals surface area (Å²) >= 11 is 0. The second-order valence-corrected chi connectivity index (χ2v) is 4.07. The molecule has 3 nitrogen and oxygen atoms in total. The Morgan fingerprint density at radius 3 is 2.40 bits per heavy atom. The summed E-state index contributed by atoms with van der Waals surface area (Å²) in [5.74, 6) is 0.204. The predicted octanol–water partition coefficient (Wildman–Crippen LogP) is 1.19. The number of carbonyl (C=O) groups excluding carboxylic acids is 1. The molecule has 1 saturated carbocycles. The van der Waals surface area contributed by atoms with E-state index in [0.29, 0.717) is 13.1 Å². The van der Waals surface area contributed by atoms with Crippen LogP contribution in [0.1, 0.15) is 12.8 Å². The molecule has 0 radical (unpaired) electrons. The monoisotopic (exact) mass is 223 g/mol. The number of hydrogen-bond acceptors (Lipinski definition) is 2. The highest BCUT2D eigenvalue weighted by Gasteiger charge is 2.40. The van der Waals surface area contributed by atoms with Gasteiger partial charge in [0.05, 0.1) is 6.10 Å². The molecule has 0 atom stereocenters. The first-order valence-electron chi connectivity index (χ1n) is 4.93. The largest absolute Gasteiger partial charge is 0.411 e. The molecule has 2 fully saturated rings. The Balaban J connectivity index is 1.63. The molecule has 1 aliphatic carbocycles. The number of likely N-dealkylation sites (tertiary alicyclic amines) is 1. The third-order valence-electron chi connectivity index (χ3n) is 2.57. The minimum absolute atomic E-state index is 0.0712. The van der Waals surface area contributed by atoms with Crippen LogP contribution < -0.4 is 0 Å². The van der Waals surface area contributed by atoms with Gasteiger partial charge in [0.15, 0.2) is 0 Å². The van der Waals surface area contributed by atoms with Crippen molar-refractivity contribution < 1.29 is 22.7 Å². The van der Waals surface area contributed by atoms with Crippen LogP contribution in [-0.4, -0.2) is 42.8 Å². The molecule has 0 aromatic rings. The number of rotatable bonds is 3. The molecule has 0 aromatic carbocycles. The van der Waals surface area contributed by atoms with E-state index in [4.69, 9.17) is 0 Å². The van der Waals surface area contributed by atoms with E-state index in [9.17, 15) is 18.0 Å². The van der Waals surface area contributed by atoms with Crippen molar-refractivity contribution in [1.82, 2.24) is 4.90 Å². The Bertz CT molecular complexity index is 257. The number of nitrogens with zero attached hydrogens (tertiary/aromatic N) is 1. The first-order chi connectivity index (χ1) is 6.96. The molecule has 0 aromatic heterocycles. The second-order valence-electron chi connectivity index (χ2n) is 4.07. The van der Waals surface area contributed by atoms with Crippen molar-refractivity contribution >= 4 is 5.91 Å². The summed E-state index contributed by atoms with van der Waals surface area (Å²) in [5.41, 5.74) is 0. The van der Waals surface area contributed by atoms with Gasteiger partial charge in [0, 0.05) is 19.0 Å². The topological polar surface area (TPSA) is 29.5 Å². The zero-order chi connectivity index (χ0) is 11.1. The van der Waals surface area contributed by atoms with Crippen LogP contribution in [0.2, 0.25) is 0 Å². The lowest BCUT2D eigenvalue weighted by Gasteiger charge is -2.39. The summed E-state index contributed by atoms with van der Waals surface area (Å²) in [7, 11) is 0. The fourth-order valence-electron chi connectivity index (χ4n) is 1.52. The maximum absolute atomic E-state index is 11.8. The van der Waals surface area contributed by atoms with Crippen LogP contribution in [0.15, 0.2) is 0 Å². The highest BCUT2D eigenvalue weighted by atomic mass is 19.4. The highest BCUT2D eigenvalue weighted by Crippen LogP contribution is 2.32. The number of alkyl halides is 3. The third-order valence-corrected chi connectivity index (χ3v) is 2.57. The van der Waals surface area contributed by atoms with Gasteiger partial charge in [0.25, 0.3) is 0 Å². The van der Waals surface area contributed by atoms with Crippen molar-refractivity contribution in [2.45, 2.75) is 25.1 Å². The van der Waals surface area contributed by atoms with Crippen LogP contribution in [0.3, 0.4) is 0 Å². The van der Waals surface area contributed by atoms with Gasteiger partial charge in [0.1, 0.15) is 6.61 Å². The van der Waals surface area contributed by atoms with E-state index < -0.39 is 18.9 Å².